The van der Waals surface area contributed by atoms with Crippen LogP contribution in [0.25, 0.3) is 0 Å². The maximum Gasteiger partial charge on any atom is 0.490 e. The summed E-state index contributed by atoms with van der Waals surface area (Å²) in [6, 6.07) is 8.16. The molecule has 10 heteroatoms. The first-order valence-electron chi connectivity index (χ1n) is 12.5. The van der Waals surface area contributed by atoms with Crippen LogP contribution in [0, 0.1) is 6.92 Å². The van der Waals surface area contributed by atoms with Crippen molar-refractivity contribution in [1.29, 1.82) is 0 Å². The van der Waals surface area contributed by atoms with E-state index in [-0.39, 0.29) is 6.03 Å². The van der Waals surface area contributed by atoms with Crippen LogP contribution >= 0.6 is 0 Å². The number of alkyl halides is 3. The van der Waals surface area contributed by atoms with Gasteiger partial charge in [0.15, 0.2) is 0 Å². The number of amides is 2. The summed E-state index contributed by atoms with van der Waals surface area (Å²) in [7, 11) is 0. The lowest BCUT2D eigenvalue weighted by Crippen LogP contribution is -2.39. The maximum absolute atomic E-state index is 12.4. The van der Waals surface area contributed by atoms with Crippen LogP contribution in [0.3, 0.4) is 0 Å². The molecule has 2 atom stereocenters. The van der Waals surface area contributed by atoms with Gasteiger partial charge in [0.05, 0.1) is 0 Å². The third-order valence-electron chi connectivity index (χ3n) is 7.24. The van der Waals surface area contributed by atoms with Crippen molar-refractivity contribution in [3.05, 3.63) is 23.8 Å². The summed E-state index contributed by atoms with van der Waals surface area (Å²) in [5.41, 5.74) is 3.33. The highest BCUT2D eigenvalue weighted by atomic mass is 19.4. The van der Waals surface area contributed by atoms with Crippen LogP contribution in [0.2, 0.25) is 0 Å². The average Bonchev–Trinajstić information content (AvgIpc) is 3.44. The van der Waals surface area contributed by atoms with Crippen molar-refractivity contribution in [1.82, 2.24) is 10.2 Å². The topological polar surface area (TPSA) is 84.9 Å². The van der Waals surface area contributed by atoms with Gasteiger partial charge in [-0.3, -0.25) is 4.90 Å². The van der Waals surface area contributed by atoms with Crippen molar-refractivity contribution in [3.8, 4) is 0 Å². The minimum Gasteiger partial charge on any atom is -0.475 e. The van der Waals surface area contributed by atoms with Crippen LogP contribution in [0.15, 0.2) is 18.2 Å². The lowest BCUT2D eigenvalue weighted by Gasteiger charge is -2.29. The zero-order chi connectivity index (χ0) is 25.6. The lowest BCUT2D eigenvalue weighted by molar-refractivity contribution is -0.192. The standard InChI is InChI=1S/C23H36N4O.C2HF3O2/c1-17-15-20(26-14-12-21(16-26)27-13-6-7-18(27)2)10-11-22(17)25-23(28)24-19-8-4-3-5-9-19;3-2(4,5)1(6)7/h10-11,15,18-19,21H,3-9,12-14,16H2,1-2H3,(H2,24,25,28);(H,6,7). The van der Waals surface area contributed by atoms with Crippen LogP contribution in [0.1, 0.15) is 63.9 Å². The highest BCUT2D eigenvalue weighted by Gasteiger charge is 2.38. The van der Waals surface area contributed by atoms with Gasteiger partial charge in [-0.05, 0) is 76.3 Å². The second-order valence-corrected chi connectivity index (χ2v) is 9.85. The molecule has 35 heavy (non-hydrogen) atoms. The molecule has 0 radical (unpaired) electrons. The maximum atomic E-state index is 12.4. The molecule has 0 aromatic heterocycles. The number of carboxylic acid groups (broad SMARTS) is 1. The number of nitrogens with one attached hydrogen (secondary N) is 2. The van der Waals surface area contributed by atoms with Gasteiger partial charge in [-0.1, -0.05) is 19.3 Å². The molecule has 2 aliphatic heterocycles. The Hall–Kier alpha value is -2.49. The zero-order valence-electron chi connectivity index (χ0n) is 20.5. The average molecular weight is 499 g/mol. The fourth-order valence-corrected chi connectivity index (χ4v) is 5.32. The Labute approximate surface area is 205 Å². The molecule has 7 nitrogen and oxygen atoms in total. The van der Waals surface area contributed by atoms with Crippen molar-refractivity contribution in [3.63, 3.8) is 0 Å². The molecule has 2 saturated heterocycles. The molecule has 1 saturated carbocycles. The number of rotatable bonds is 4. The highest BCUT2D eigenvalue weighted by molar-refractivity contribution is 5.90. The largest absolute Gasteiger partial charge is 0.490 e. The van der Waals surface area contributed by atoms with E-state index < -0.39 is 12.1 Å². The molecule has 2 amide bonds. The van der Waals surface area contributed by atoms with Gasteiger partial charge in [-0.15, -0.1) is 0 Å². The van der Waals surface area contributed by atoms with Gasteiger partial charge in [-0.2, -0.15) is 13.2 Å². The van der Waals surface area contributed by atoms with E-state index >= 15 is 0 Å². The van der Waals surface area contributed by atoms with Gasteiger partial charge in [0, 0.05) is 42.6 Å². The fraction of sp³-hybridized carbons (Fsp3) is 0.680. The number of likely N-dealkylation sites (tertiary alicyclic amines) is 1. The predicted molar refractivity (Wildman–Crippen MR) is 130 cm³/mol. The van der Waals surface area contributed by atoms with Crippen molar-refractivity contribution in [2.75, 3.05) is 29.9 Å². The normalized spacial score (nSPS) is 23.5. The summed E-state index contributed by atoms with van der Waals surface area (Å²) in [6.07, 6.45) is 4.84. The van der Waals surface area contributed by atoms with Crippen LogP contribution in [-0.2, 0) is 4.79 Å². The SMILES string of the molecule is Cc1cc(N2CCC(N3CCCC3C)C2)ccc1NC(=O)NC1CCCCC1.O=C(O)C(F)(F)F. The molecule has 3 fully saturated rings. The molecule has 1 aromatic rings. The van der Waals surface area contributed by atoms with Crippen LogP contribution < -0.4 is 15.5 Å². The second-order valence-electron chi connectivity index (χ2n) is 9.85. The molecule has 1 aromatic carbocycles. The molecule has 2 unspecified atom stereocenters. The number of benzene rings is 1. The van der Waals surface area contributed by atoms with Crippen LogP contribution in [0.4, 0.5) is 29.3 Å². The summed E-state index contributed by atoms with van der Waals surface area (Å²) < 4.78 is 31.7. The smallest absolute Gasteiger partial charge is 0.475 e. The Morgan fingerprint density at radius 1 is 1.03 bits per heavy atom. The van der Waals surface area contributed by atoms with Gasteiger partial charge in [-0.25, -0.2) is 9.59 Å². The second kappa shape index (κ2) is 12.0. The molecule has 0 spiro atoms. The van der Waals surface area contributed by atoms with Crippen molar-refractivity contribution in [2.45, 2.75) is 89.5 Å². The molecule has 2 heterocycles. The van der Waals surface area contributed by atoms with Gasteiger partial charge in [0.1, 0.15) is 0 Å². The van der Waals surface area contributed by atoms with E-state index in [1.54, 1.807) is 0 Å². The number of anilines is 2. The minimum absolute atomic E-state index is 0.0630. The summed E-state index contributed by atoms with van der Waals surface area (Å²) >= 11 is 0. The number of aliphatic carboxylic acids is 1. The molecular formula is C25H37F3N4O3. The Morgan fingerprint density at radius 3 is 2.29 bits per heavy atom. The van der Waals surface area contributed by atoms with E-state index in [2.05, 4.69) is 52.5 Å². The first-order valence-corrected chi connectivity index (χ1v) is 12.5. The number of aryl methyl sites for hydroxylation is 1. The highest BCUT2D eigenvalue weighted by Crippen LogP contribution is 2.30. The van der Waals surface area contributed by atoms with E-state index in [9.17, 15) is 18.0 Å². The molecule has 3 aliphatic rings. The lowest BCUT2D eigenvalue weighted by atomic mass is 9.96. The van der Waals surface area contributed by atoms with E-state index in [0.29, 0.717) is 12.1 Å². The van der Waals surface area contributed by atoms with Crippen LogP contribution in [0.5, 0.6) is 0 Å². The van der Waals surface area contributed by atoms with E-state index in [0.717, 1.165) is 43.2 Å². The van der Waals surface area contributed by atoms with Gasteiger partial charge in [0.2, 0.25) is 0 Å². The first-order chi connectivity index (χ1) is 16.5. The fourth-order valence-electron chi connectivity index (χ4n) is 5.32. The molecule has 4 rings (SSSR count). The third-order valence-corrected chi connectivity index (χ3v) is 7.24. The summed E-state index contributed by atoms with van der Waals surface area (Å²) in [6.45, 7) is 7.98. The van der Waals surface area contributed by atoms with Gasteiger partial charge < -0.3 is 20.6 Å². The minimum atomic E-state index is -5.08. The number of hydrogen-bond donors (Lipinski definition) is 3. The summed E-state index contributed by atoms with van der Waals surface area (Å²) in [5.74, 6) is -2.76. The zero-order valence-corrected chi connectivity index (χ0v) is 20.5. The molecule has 3 N–H and O–H groups in total. The predicted octanol–water partition coefficient (Wildman–Crippen LogP) is 5.15. The number of carbonyl (C=O) groups excluding carboxylic acids is 1. The molecule has 0 bridgehead atoms. The van der Waals surface area contributed by atoms with Gasteiger partial charge in [0.25, 0.3) is 0 Å². The van der Waals surface area contributed by atoms with Crippen molar-refractivity contribution >= 4 is 23.4 Å². The third kappa shape index (κ3) is 7.75. The van der Waals surface area contributed by atoms with Gasteiger partial charge >= 0.3 is 18.2 Å². The van der Waals surface area contributed by atoms with Crippen molar-refractivity contribution < 1.29 is 27.9 Å². The molecular weight excluding hydrogens is 461 g/mol. The number of carbonyl (C=O) groups is 2. The Kier molecular flexibility index (Phi) is 9.27. The number of hydrogen-bond acceptors (Lipinski definition) is 4. The van der Waals surface area contributed by atoms with E-state index in [1.807, 2.05) is 0 Å². The number of urea groups is 1. The summed E-state index contributed by atoms with van der Waals surface area (Å²) in [5, 5.41) is 13.3. The van der Waals surface area contributed by atoms with E-state index in [1.165, 1.54) is 50.8 Å². The Morgan fingerprint density at radius 2 is 1.71 bits per heavy atom. The summed E-state index contributed by atoms with van der Waals surface area (Å²) in [4.78, 5) is 26.5. The molecule has 196 valence electrons. The van der Waals surface area contributed by atoms with E-state index in [4.69, 9.17) is 9.90 Å². The van der Waals surface area contributed by atoms with Crippen molar-refractivity contribution in [2.24, 2.45) is 0 Å². The molecule has 1 aliphatic carbocycles. The number of halogens is 3. The first kappa shape index (κ1) is 27.1. The van der Waals surface area contributed by atoms with Crippen LogP contribution in [-0.4, -0.2) is 65.9 Å². The monoisotopic (exact) mass is 498 g/mol. The number of carboxylic acids is 1. The number of nitrogens with zero attached hydrogens (tertiary/aromatic N) is 2. The Bertz CT molecular complexity index is 874. The quantitative estimate of drug-likeness (QED) is 0.535. The Balaban J connectivity index is 0.000000429.